The number of aromatic carboxylic acids is 1. The second kappa shape index (κ2) is 5.00. The van der Waals surface area contributed by atoms with Crippen molar-refractivity contribution in [2.45, 2.75) is 20.4 Å². The number of aryl methyl sites for hydroxylation is 2. The zero-order chi connectivity index (χ0) is 14.2. The molecule has 7 heteroatoms. The molecule has 0 bridgehead atoms. The highest BCUT2D eigenvalue weighted by Gasteiger charge is 2.15. The number of rotatable bonds is 3. The molecule has 0 amide bonds. The molecule has 100 valence electrons. The molecule has 0 aliphatic heterocycles. The van der Waals surface area contributed by atoms with Gasteiger partial charge in [-0.05, 0) is 35.8 Å². The monoisotopic (exact) mass is 326 g/mol. The van der Waals surface area contributed by atoms with Gasteiger partial charge in [-0.1, -0.05) is 0 Å². The SMILES string of the molecule is Cc1oc(C(=O)O)cc1Cn1c(C)ncc(Br)c1=O. The molecule has 0 saturated carbocycles. The van der Waals surface area contributed by atoms with Crippen LogP contribution in [0.5, 0.6) is 0 Å². The van der Waals surface area contributed by atoms with Crippen LogP contribution in [-0.2, 0) is 6.54 Å². The largest absolute Gasteiger partial charge is 0.475 e. The highest BCUT2D eigenvalue weighted by Crippen LogP contribution is 2.16. The van der Waals surface area contributed by atoms with Crippen LogP contribution in [-0.4, -0.2) is 20.6 Å². The average Bonchev–Trinajstić information content (AvgIpc) is 2.72. The van der Waals surface area contributed by atoms with Crippen LogP contribution < -0.4 is 5.56 Å². The molecule has 6 nitrogen and oxygen atoms in total. The van der Waals surface area contributed by atoms with E-state index in [1.54, 1.807) is 13.8 Å². The summed E-state index contributed by atoms with van der Waals surface area (Å²) in [5.41, 5.74) is 0.424. The second-order valence-electron chi connectivity index (χ2n) is 4.04. The first-order valence-electron chi connectivity index (χ1n) is 5.44. The third kappa shape index (κ3) is 2.60. The lowest BCUT2D eigenvalue weighted by Crippen LogP contribution is -2.24. The molecule has 2 aromatic rings. The Balaban J connectivity index is 2.45. The Morgan fingerprint density at radius 2 is 2.21 bits per heavy atom. The molecule has 0 saturated heterocycles. The smallest absolute Gasteiger partial charge is 0.371 e. The van der Waals surface area contributed by atoms with Crippen molar-refractivity contribution in [2.75, 3.05) is 0 Å². The first-order valence-corrected chi connectivity index (χ1v) is 6.24. The Morgan fingerprint density at radius 1 is 1.53 bits per heavy atom. The highest BCUT2D eigenvalue weighted by molar-refractivity contribution is 9.10. The summed E-state index contributed by atoms with van der Waals surface area (Å²) >= 11 is 3.13. The van der Waals surface area contributed by atoms with Gasteiger partial charge in [0.2, 0.25) is 5.76 Å². The Labute approximate surface area is 116 Å². The zero-order valence-corrected chi connectivity index (χ0v) is 11.9. The Hall–Kier alpha value is -1.89. The minimum Gasteiger partial charge on any atom is -0.475 e. The van der Waals surface area contributed by atoms with Crippen molar-refractivity contribution in [3.05, 3.63) is 50.0 Å². The van der Waals surface area contributed by atoms with Crippen molar-refractivity contribution in [1.82, 2.24) is 9.55 Å². The lowest BCUT2D eigenvalue weighted by molar-refractivity contribution is 0.0661. The maximum Gasteiger partial charge on any atom is 0.371 e. The van der Waals surface area contributed by atoms with Crippen molar-refractivity contribution in [3.8, 4) is 0 Å². The van der Waals surface area contributed by atoms with Crippen LogP contribution >= 0.6 is 15.9 Å². The summed E-state index contributed by atoms with van der Waals surface area (Å²) in [5.74, 6) is -0.249. The summed E-state index contributed by atoms with van der Waals surface area (Å²) < 4.78 is 6.92. The van der Waals surface area contributed by atoms with Gasteiger partial charge in [-0.2, -0.15) is 0 Å². The number of halogens is 1. The lowest BCUT2D eigenvalue weighted by Gasteiger charge is -2.08. The van der Waals surface area contributed by atoms with Gasteiger partial charge in [0.25, 0.3) is 5.56 Å². The Bertz CT molecular complexity index is 702. The zero-order valence-electron chi connectivity index (χ0n) is 10.3. The quantitative estimate of drug-likeness (QED) is 0.931. The van der Waals surface area contributed by atoms with Crippen molar-refractivity contribution in [2.24, 2.45) is 0 Å². The van der Waals surface area contributed by atoms with Crippen molar-refractivity contribution in [3.63, 3.8) is 0 Å². The van der Waals surface area contributed by atoms with E-state index in [1.165, 1.54) is 16.8 Å². The molecule has 0 aromatic carbocycles. The van der Waals surface area contributed by atoms with Gasteiger partial charge in [-0.25, -0.2) is 9.78 Å². The molecule has 2 heterocycles. The molecule has 0 aliphatic carbocycles. The van der Waals surface area contributed by atoms with Crippen LogP contribution in [0, 0.1) is 13.8 Å². The minimum atomic E-state index is -1.13. The Kier molecular flexibility index (Phi) is 3.57. The number of nitrogens with zero attached hydrogens (tertiary/aromatic N) is 2. The summed E-state index contributed by atoms with van der Waals surface area (Å²) in [7, 11) is 0. The third-order valence-electron chi connectivity index (χ3n) is 2.76. The molecular formula is C12H11BrN2O4. The molecule has 1 N–H and O–H groups in total. The van der Waals surface area contributed by atoms with Gasteiger partial charge in [0.05, 0.1) is 6.54 Å². The second-order valence-corrected chi connectivity index (χ2v) is 4.90. The molecule has 0 unspecified atom stereocenters. The first-order chi connectivity index (χ1) is 8.90. The van der Waals surface area contributed by atoms with E-state index in [9.17, 15) is 9.59 Å². The van der Waals surface area contributed by atoms with Crippen molar-refractivity contribution < 1.29 is 14.3 Å². The summed E-state index contributed by atoms with van der Waals surface area (Å²) in [5, 5.41) is 8.86. The fraction of sp³-hybridized carbons (Fsp3) is 0.250. The van der Waals surface area contributed by atoms with E-state index in [4.69, 9.17) is 9.52 Å². The van der Waals surface area contributed by atoms with Gasteiger partial charge in [0.15, 0.2) is 0 Å². The molecule has 0 radical (unpaired) electrons. The van der Waals surface area contributed by atoms with Crippen LogP contribution in [0.1, 0.15) is 27.7 Å². The van der Waals surface area contributed by atoms with Crippen molar-refractivity contribution >= 4 is 21.9 Å². The molecule has 0 aliphatic rings. The number of carboxylic acid groups (broad SMARTS) is 1. The van der Waals surface area contributed by atoms with Gasteiger partial charge < -0.3 is 9.52 Å². The van der Waals surface area contributed by atoms with E-state index >= 15 is 0 Å². The van der Waals surface area contributed by atoms with E-state index in [2.05, 4.69) is 20.9 Å². The van der Waals surface area contributed by atoms with Gasteiger partial charge in [-0.3, -0.25) is 9.36 Å². The predicted octanol–water partition coefficient (Wildman–Crippen LogP) is 1.96. The first kappa shape index (κ1) is 13.5. The van der Waals surface area contributed by atoms with E-state index in [-0.39, 0.29) is 17.9 Å². The van der Waals surface area contributed by atoms with Crippen LogP contribution in [0.15, 0.2) is 25.9 Å². The van der Waals surface area contributed by atoms with E-state index in [1.807, 2.05) is 0 Å². The van der Waals surface area contributed by atoms with Gasteiger partial charge in [0, 0.05) is 11.8 Å². The number of hydrogen-bond acceptors (Lipinski definition) is 4. The molecular weight excluding hydrogens is 316 g/mol. The average molecular weight is 327 g/mol. The Morgan fingerprint density at radius 3 is 2.79 bits per heavy atom. The molecule has 2 aromatic heterocycles. The van der Waals surface area contributed by atoms with Gasteiger partial charge >= 0.3 is 5.97 Å². The highest BCUT2D eigenvalue weighted by atomic mass is 79.9. The number of aromatic nitrogens is 2. The van der Waals surface area contributed by atoms with Crippen molar-refractivity contribution in [1.29, 1.82) is 0 Å². The molecule has 19 heavy (non-hydrogen) atoms. The normalized spacial score (nSPS) is 10.7. The molecule has 0 spiro atoms. The summed E-state index contributed by atoms with van der Waals surface area (Å²) in [6, 6.07) is 1.42. The summed E-state index contributed by atoms with van der Waals surface area (Å²) in [4.78, 5) is 26.9. The molecule has 2 rings (SSSR count). The summed E-state index contributed by atoms with van der Waals surface area (Å²) in [6.07, 6.45) is 1.44. The number of furan rings is 1. The van der Waals surface area contributed by atoms with Gasteiger partial charge in [-0.15, -0.1) is 0 Å². The van der Waals surface area contributed by atoms with E-state index in [0.717, 1.165) is 0 Å². The van der Waals surface area contributed by atoms with Crippen LogP contribution in [0.3, 0.4) is 0 Å². The number of hydrogen-bond donors (Lipinski definition) is 1. The number of carbonyl (C=O) groups is 1. The fourth-order valence-electron chi connectivity index (χ4n) is 1.69. The lowest BCUT2D eigenvalue weighted by atomic mass is 10.2. The predicted molar refractivity (Wildman–Crippen MR) is 70.4 cm³/mol. The van der Waals surface area contributed by atoms with Gasteiger partial charge in [0.1, 0.15) is 16.1 Å². The van der Waals surface area contributed by atoms with Crippen LogP contribution in [0.2, 0.25) is 0 Å². The topological polar surface area (TPSA) is 85.3 Å². The maximum absolute atomic E-state index is 12.0. The fourth-order valence-corrected chi connectivity index (χ4v) is 2.01. The standard InChI is InChI=1S/C12H11BrN2O4/c1-6-8(3-10(19-6)12(17)18)5-15-7(2)14-4-9(13)11(15)16/h3-4H,5H2,1-2H3,(H,17,18). The van der Waals surface area contributed by atoms with E-state index < -0.39 is 5.97 Å². The number of carboxylic acids is 1. The molecule has 0 fully saturated rings. The van der Waals surface area contributed by atoms with Crippen LogP contribution in [0.4, 0.5) is 0 Å². The third-order valence-corrected chi connectivity index (χ3v) is 3.31. The minimum absolute atomic E-state index is 0.138. The molecule has 0 atom stereocenters. The van der Waals surface area contributed by atoms with Crippen LogP contribution in [0.25, 0.3) is 0 Å². The maximum atomic E-state index is 12.0. The summed E-state index contributed by atoms with van der Waals surface area (Å²) in [6.45, 7) is 3.59. The van der Waals surface area contributed by atoms with E-state index in [0.29, 0.717) is 21.6 Å².